The number of aryl methyl sites for hydroxylation is 1. The second-order valence-corrected chi connectivity index (χ2v) is 5.53. The molecular formula is C16H18O3. The van der Waals surface area contributed by atoms with Gasteiger partial charge in [-0.3, -0.25) is 4.79 Å². The topological polar surface area (TPSA) is 35.5 Å². The van der Waals surface area contributed by atoms with Crippen molar-refractivity contribution in [2.75, 3.05) is 7.11 Å². The number of hydrogen-bond acceptors (Lipinski definition) is 3. The highest BCUT2D eigenvalue weighted by molar-refractivity contribution is 5.87. The maximum Gasteiger partial charge on any atom is 0.320 e. The van der Waals surface area contributed by atoms with Gasteiger partial charge in [-0.1, -0.05) is 23.8 Å². The van der Waals surface area contributed by atoms with Crippen LogP contribution in [0.4, 0.5) is 0 Å². The number of methoxy groups -OCH3 is 1. The average molecular weight is 258 g/mol. The molecule has 1 aromatic rings. The fraction of sp³-hybridized carbons (Fsp3) is 0.438. The van der Waals surface area contributed by atoms with Gasteiger partial charge in [-0.25, -0.2) is 0 Å². The highest BCUT2D eigenvalue weighted by Gasteiger charge is 2.56. The van der Waals surface area contributed by atoms with Crippen LogP contribution < -0.4 is 4.74 Å². The monoisotopic (exact) mass is 258 g/mol. The molecule has 2 atom stereocenters. The minimum atomic E-state index is -0.655. The number of rotatable bonds is 1. The van der Waals surface area contributed by atoms with E-state index in [1.165, 1.54) is 12.7 Å². The fourth-order valence-corrected chi connectivity index (χ4v) is 3.20. The molecule has 3 nitrogen and oxygen atoms in total. The molecule has 1 aliphatic carbocycles. The third-order valence-corrected chi connectivity index (χ3v) is 4.27. The zero-order valence-electron chi connectivity index (χ0n) is 11.5. The number of hydrogen-bond donors (Lipinski definition) is 0. The first-order chi connectivity index (χ1) is 9.07. The molecule has 2 aliphatic rings. The molecule has 2 unspecified atom stereocenters. The van der Waals surface area contributed by atoms with Gasteiger partial charge in [-0.2, -0.15) is 0 Å². The Balaban J connectivity index is 2.17. The van der Waals surface area contributed by atoms with Crippen molar-refractivity contribution in [3.8, 4) is 5.75 Å². The van der Waals surface area contributed by atoms with E-state index in [2.05, 4.69) is 13.0 Å². The van der Waals surface area contributed by atoms with Gasteiger partial charge in [-0.05, 0) is 31.9 Å². The quantitative estimate of drug-likeness (QED) is 0.574. The van der Waals surface area contributed by atoms with E-state index in [1.807, 2.05) is 25.1 Å². The molecule has 3 rings (SSSR count). The summed E-state index contributed by atoms with van der Waals surface area (Å²) in [6, 6.07) is 6.05. The maximum atomic E-state index is 12.4. The lowest BCUT2D eigenvalue weighted by Gasteiger charge is -2.34. The van der Waals surface area contributed by atoms with Gasteiger partial charge in [0.1, 0.15) is 17.3 Å². The van der Waals surface area contributed by atoms with E-state index in [9.17, 15) is 4.79 Å². The summed E-state index contributed by atoms with van der Waals surface area (Å²) in [5.41, 5.74) is 2.73. The molecule has 3 heteroatoms. The summed E-state index contributed by atoms with van der Waals surface area (Å²) in [5, 5.41) is 0. The normalized spacial score (nSPS) is 27.9. The second kappa shape index (κ2) is 4.12. The fourth-order valence-electron chi connectivity index (χ4n) is 3.20. The molecule has 0 radical (unpaired) electrons. The van der Waals surface area contributed by atoms with Crippen molar-refractivity contribution in [2.24, 2.45) is 0 Å². The zero-order chi connectivity index (χ0) is 13.6. The molecule has 0 saturated heterocycles. The average Bonchev–Trinajstić information content (AvgIpc) is 2.70. The summed E-state index contributed by atoms with van der Waals surface area (Å²) in [6.45, 7) is 4.11. The number of carbonyl (C=O) groups is 1. The molecule has 0 bridgehead atoms. The van der Waals surface area contributed by atoms with Crippen molar-refractivity contribution in [2.45, 2.75) is 38.2 Å². The zero-order valence-corrected chi connectivity index (χ0v) is 11.5. The minimum absolute atomic E-state index is 0.137. The lowest BCUT2D eigenvalue weighted by molar-refractivity contribution is -0.150. The number of fused-ring (bicyclic) bond motifs is 3. The second-order valence-electron chi connectivity index (χ2n) is 5.53. The molecule has 0 saturated carbocycles. The smallest absolute Gasteiger partial charge is 0.320 e. The molecule has 100 valence electrons. The summed E-state index contributed by atoms with van der Waals surface area (Å²) in [4.78, 5) is 12.4. The molecule has 1 heterocycles. The predicted octanol–water partition coefficient (Wildman–Crippen LogP) is 2.91. The van der Waals surface area contributed by atoms with E-state index in [0.29, 0.717) is 6.42 Å². The Kier molecular flexibility index (Phi) is 2.66. The van der Waals surface area contributed by atoms with Crippen LogP contribution in [0.2, 0.25) is 0 Å². The van der Waals surface area contributed by atoms with Gasteiger partial charge >= 0.3 is 5.97 Å². The van der Waals surface area contributed by atoms with Crippen molar-refractivity contribution >= 4 is 5.97 Å². The third kappa shape index (κ3) is 1.61. The number of ether oxygens (including phenoxy) is 2. The molecule has 0 spiro atoms. The van der Waals surface area contributed by atoms with Crippen LogP contribution in [-0.4, -0.2) is 19.2 Å². The predicted molar refractivity (Wildman–Crippen MR) is 72.3 cm³/mol. The first-order valence-corrected chi connectivity index (χ1v) is 6.60. The summed E-state index contributed by atoms with van der Waals surface area (Å²) in [7, 11) is 1.45. The van der Waals surface area contributed by atoms with Gasteiger partial charge in [0, 0.05) is 12.0 Å². The van der Waals surface area contributed by atoms with Crippen molar-refractivity contribution in [1.29, 1.82) is 0 Å². The number of carbonyl (C=O) groups excluding carboxylic acids is 1. The highest BCUT2D eigenvalue weighted by Crippen LogP contribution is 2.50. The Bertz CT molecular complexity index is 573. The SMILES string of the molecule is COC(=O)C12CC=C(C)CC1Oc1cc(C)ccc12. The van der Waals surface area contributed by atoms with E-state index in [0.717, 1.165) is 23.3 Å². The molecule has 0 aromatic heterocycles. The first kappa shape index (κ1) is 12.3. The summed E-state index contributed by atoms with van der Waals surface area (Å²) < 4.78 is 11.1. The van der Waals surface area contributed by atoms with Crippen LogP contribution in [0.3, 0.4) is 0 Å². The van der Waals surface area contributed by atoms with Gasteiger partial charge < -0.3 is 9.47 Å². The number of esters is 1. The van der Waals surface area contributed by atoms with E-state index < -0.39 is 5.41 Å². The Morgan fingerprint density at radius 1 is 1.42 bits per heavy atom. The molecule has 19 heavy (non-hydrogen) atoms. The Labute approximate surface area is 113 Å². The number of allylic oxidation sites excluding steroid dienone is 1. The molecule has 0 amide bonds. The van der Waals surface area contributed by atoms with Crippen LogP contribution in [0.1, 0.15) is 30.9 Å². The third-order valence-electron chi connectivity index (χ3n) is 4.27. The van der Waals surface area contributed by atoms with Gasteiger partial charge in [0.05, 0.1) is 7.11 Å². The molecule has 0 fully saturated rings. The van der Waals surface area contributed by atoms with Crippen LogP contribution in [0.15, 0.2) is 29.8 Å². The van der Waals surface area contributed by atoms with E-state index in [4.69, 9.17) is 9.47 Å². The Morgan fingerprint density at radius 3 is 2.95 bits per heavy atom. The van der Waals surface area contributed by atoms with Crippen LogP contribution >= 0.6 is 0 Å². The summed E-state index contributed by atoms with van der Waals surface area (Å²) in [5.74, 6) is 0.641. The van der Waals surface area contributed by atoms with Crippen molar-refractivity contribution in [3.63, 3.8) is 0 Å². The lowest BCUT2D eigenvalue weighted by atomic mass is 9.69. The van der Waals surface area contributed by atoms with Crippen molar-refractivity contribution in [1.82, 2.24) is 0 Å². The van der Waals surface area contributed by atoms with Gasteiger partial charge in [0.2, 0.25) is 0 Å². The summed E-state index contributed by atoms with van der Waals surface area (Å²) in [6.07, 6.45) is 3.43. The van der Waals surface area contributed by atoms with Crippen LogP contribution in [0.25, 0.3) is 0 Å². The van der Waals surface area contributed by atoms with Gasteiger partial charge in [0.15, 0.2) is 0 Å². The molecule has 1 aromatic carbocycles. The molecule has 1 aliphatic heterocycles. The Morgan fingerprint density at radius 2 is 2.21 bits per heavy atom. The standard InChI is InChI=1S/C16H18O3/c1-10-4-5-12-13(8-10)19-14-9-11(2)6-7-16(12,14)15(17)18-3/h4-6,8,14H,7,9H2,1-3H3. The van der Waals surface area contributed by atoms with Crippen molar-refractivity contribution in [3.05, 3.63) is 41.0 Å². The van der Waals surface area contributed by atoms with E-state index >= 15 is 0 Å². The number of benzene rings is 1. The van der Waals surface area contributed by atoms with E-state index in [-0.39, 0.29) is 12.1 Å². The van der Waals surface area contributed by atoms with Crippen LogP contribution in [-0.2, 0) is 14.9 Å². The van der Waals surface area contributed by atoms with Gasteiger partial charge in [-0.15, -0.1) is 0 Å². The maximum absolute atomic E-state index is 12.4. The Hall–Kier alpha value is -1.77. The van der Waals surface area contributed by atoms with E-state index in [1.54, 1.807) is 0 Å². The lowest BCUT2D eigenvalue weighted by Crippen LogP contribution is -2.47. The minimum Gasteiger partial charge on any atom is -0.488 e. The van der Waals surface area contributed by atoms with Crippen molar-refractivity contribution < 1.29 is 14.3 Å². The molecular weight excluding hydrogens is 240 g/mol. The summed E-state index contributed by atoms with van der Waals surface area (Å²) >= 11 is 0. The van der Waals surface area contributed by atoms with Crippen LogP contribution in [0.5, 0.6) is 5.75 Å². The van der Waals surface area contributed by atoms with Crippen LogP contribution in [0, 0.1) is 6.92 Å². The molecule has 0 N–H and O–H groups in total. The first-order valence-electron chi connectivity index (χ1n) is 6.60. The largest absolute Gasteiger partial charge is 0.488 e. The van der Waals surface area contributed by atoms with Gasteiger partial charge in [0.25, 0.3) is 0 Å². The highest BCUT2D eigenvalue weighted by atomic mass is 16.5.